The molecular weight excluding hydrogens is 310 g/mol. The number of ether oxygens (including phenoxy) is 1. The predicted molar refractivity (Wildman–Crippen MR) is 92.8 cm³/mol. The van der Waals surface area contributed by atoms with E-state index in [9.17, 15) is 4.79 Å². The Kier molecular flexibility index (Phi) is 6.55. The maximum Gasteiger partial charge on any atom is 0.271 e. The fourth-order valence-corrected chi connectivity index (χ4v) is 2.76. The zero-order valence-corrected chi connectivity index (χ0v) is 14.4. The number of carbonyl (C=O) groups excluding carboxylic acids is 1. The second kappa shape index (κ2) is 8.64. The molecule has 0 unspecified atom stereocenters. The first-order valence-electron chi connectivity index (χ1n) is 7.73. The van der Waals surface area contributed by atoms with Crippen molar-refractivity contribution >= 4 is 17.2 Å². The summed E-state index contributed by atoms with van der Waals surface area (Å²) >= 11 is 1.46. The normalized spacial score (nSPS) is 10.8. The number of rotatable bonds is 8. The predicted octanol–water partition coefficient (Wildman–Crippen LogP) is 2.61. The first-order valence-corrected chi connectivity index (χ1v) is 8.61. The highest BCUT2D eigenvalue weighted by Crippen LogP contribution is 2.19. The Hall–Kier alpha value is -1.92. The number of benzene rings is 1. The molecular formula is C17H23N3O2S. The summed E-state index contributed by atoms with van der Waals surface area (Å²) in [6, 6.07) is 7.75. The molecule has 1 aromatic heterocycles. The molecule has 0 atom stereocenters. The molecule has 0 saturated heterocycles. The van der Waals surface area contributed by atoms with Gasteiger partial charge in [-0.2, -0.15) is 0 Å². The van der Waals surface area contributed by atoms with Gasteiger partial charge in [0.15, 0.2) is 0 Å². The first kappa shape index (κ1) is 17.4. The summed E-state index contributed by atoms with van der Waals surface area (Å²) in [5, 5.41) is 5.55. The van der Waals surface area contributed by atoms with Crippen molar-refractivity contribution in [1.29, 1.82) is 0 Å². The number of para-hydroxylation sites is 1. The lowest BCUT2D eigenvalue weighted by Gasteiger charge is -2.13. The van der Waals surface area contributed by atoms with Crippen LogP contribution in [0.2, 0.25) is 0 Å². The van der Waals surface area contributed by atoms with Crippen molar-refractivity contribution in [2.24, 2.45) is 11.7 Å². The molecule has 23 heavy (non-hydrogen) atoms. The van der Waals surface area contributed by atoms with E-state index in [1.165, 1.54) is 11.3 Å². The van der Waals surface area contributed by atoms with Crippen molar-refractivity contribution in [2.45, 2.75) is 26.8 Å². The van der Waals surface area contributed by atoms with Crippen LogP contribution < -0.4 is 15.8 Å². The molecule has 0 radical (unpaired) electrons. The third-order valence-electron chi connectivity index (χ3n) is 3.13. The van der Waals surface area contributed by atoms with Crippen LogP contribution in [0.4, 0.5) is 0 Å². The van der Waals surface area contributed by atoms with E-state index in [-0.39, 0.29) is 5.91 Å². The van der Waals surface area contributed by atoms with Crippen LogP contribution in [0, 0.1) is 5.92 Å². The molecule has 0 aliphatic heterocycles. The maximum absolute atomic E-state index is 12.2. The molecule has 0 spiro atoms. The SMILES string of the molecule is CC(C)COc1ccccc1CNC(=O)c1csc(CCN)n1. The molecule has 1 amide bonds. The van der Waals surface area contributed by atoms with E-state index in [1.807, 2.05) is 24.3 Å². The highest BCUT2D eigenvalue weighted by atomic mass is 32.1. The standard InChI is InChI=1S/C17H23N3O2S/c1-12(2)10-22-15-6-4-3-5-13(15)9-19-17(21)14-11-23-16(20-14)7-8-18/h3-6,11-12H,7-10,18H2,1-2H3,(H,19,21). The highest BCUT2D eigenvalue weighted by Gasteiger charge is 2.11. The second-order valence-electron chi connectivity index (χ2n) is 5.66. The number of carbonyl (C=O) groups is 1. The second-order valence-corrected chi connectivity index (χ2v) is 6.60. The van der Waals surface area contributed by atoms with Crippen LogP contribution in [0.15, 0.2) is 29.6 Å². The van der Waals surface area contributed by atoms with E-state index in [0.29, 0.717) is 37.7 Å². The minimum Gasteiger partial charge on any atom is -0.493 e. The van der Waals surface area contributed by atoms with Gasteiger partial charge in [-0.3, -0.25) is 4.79 Å². The molecule has 1 heterocycles. The zero-order valence-electron chi connectivity index (χ0n) is 13.5. The summed E-state index contributed by atoms with van der Waals surface area (Å²) in [5.41, 5.74) is 6.90. The fraction of sp³-hybridized carbons (Fsp3) is 0.412. The molecule has 5 nitrogen and oxygen atoms in total. The van der Waals surface area contributed by atoms with Crippen molar-refractivity contribution in [3.8, 4) is 5.75 Å². The number of nitrogens with zero attached hydrogens (tertiary/aromatic N) is 1. The average molecular weight is 333 g/mol. The van der Waals surface area contributed by atoms with Gasteiger partial charge in [-0.05, 0) is 18.5 Å². The Bertz CT molecular complexity index is 640. The number of nitrogens with one attached hydrogen (secondary N) is 1. The van der Waals surface area contributed by atoms with Gasteiger partial charge in [0, 0.05) is 23.9 Å². The minimum atomic E-state index is -0.178. The maximum atomic E-state index is 12.2. The van der Waals surface area contributed by atoms with Crippen LogP contribution in [0.25, 0.3) is 0 Å². The molecule has 2 rings (SSSR count). The lowest BCUT2D eigenvalue weighted by atomic mass is 10.2. The quantitative estimate of drug-likeness (QED) is 0.778. The molecule has 124 valence electrons. The summed E-state index contributed by atoms with van der Waals surface area (Å²) in [7, 11) is 0. The van der Waals surface area contributed by atoms with E-state index < -0.39 is 0 Å². The van der Waals surface area contributed by atoms with Crippen molar-refractivity contribution < 1.29 is 9.53 Å². The monoisotopic (exact) mass is 333 g/mol. The number of amides is 1. The number of nitrogens with two attached hydrogens (primary N) is 1. The summed E-state index contributed by atoms with van der Waals surface area (Å²) < 4.78 is 5.79. The van der Waals surface area contributed by atoms with E-state index in [1.54, 1.807) is 5.38 Å². The topological polar surface area (TPSA) is 77.2 Å². The van der Waals surface area contributed by atoms with E-state index in [2.05, 4.69) is 24.1 Å². The molecule has 0 bridgehead atoms. The lowest BCUT2D eigenvalue weighted by Crippen LogP contribution is -2.23. The average Bonchev–Trinajstić information content (AvgIpc) is 3.00. The molecule has 2 aromatic rings. The Balaban J connectivity index is 1.95. The van der Waals surface area contributed by atoms with Gasteiger partial charge in [0.25, 0.3) is 5.91 Å². The summed E-state index contributed by atoms with van der Waals surface area (Å²) in [6.45, 7) is 5.81. The molecule has 3 N–H and O–H groups in total. The molecule has 0 aliphatic rings. The molecule has 0 saturated carbocycles. The van der Waals surface area contributed by atoms with Gasteiger partial charge in [-0.25, -0.2) is 4.98 Å². The van der Waals surface area contributed by atoms with E-state index >= 15 is 0 Å². The smallest absolute Gasteiger partial charge is 0.271 e. The van der Waals surface area contributed by atoms with Gasteiger partial charge >= 0.3 is 0 Å². The Morgan fingerprint density at radius 3 is 2.91 bits per heavy atom. The van der Waals surface area contributed by atoms with Gasteiger partial charge in [0.2, 0.25) is 0 Å². The minimum absolute atomic E-state index is 0.178. The van der Waals surface area contributed by atoms with Gasteiger partial charge in [0.1, 0.15) is 11.4 Å². The Morgan fingerprint density at radius 1 is 1.39 bits per heavy atom. The van der Waals surface area contributed by atoms with Crippen molar-refractivity contribution in [2.75, 3.05) is 13.2 Å². The zero-order chi connectivity index (χ0) is 16.7. The van der Waals surface area contributed by atoms with Gasteiger partial charge in [-0.15, -0.1) is 11.3 Å². The van der Waals surface area contributed by atoms with Gasteiger partial charge < -0.3 is 15.8 Å². The van der Waals surface area contributed by atoms with Crippen LogP contribution in [0.1, 0.15) is 34.9 Å². The number of aromatic nitrogens is 1. The van der Waals surface area contributed by atoms with Gasteiger partial charge in [-0.1, -0.05) is 32.0 Å². The van der Waals surface area contributed by atoms with Crippen LogP contribution in [-0.4, -0.2) is 24.0 Å². The number of hydrogen-bond donors (Lipinski definition) is 2. The van der Waals surface area contributed by atoms with Crippen LogP contribution in [0.5, 0.6) is 5.75 Å². The van der Waals surface area contributed by atoms with E-state index in [0.717, 1.165) is 16.3 Å². The third-order valence-corrected chi connectivity index (χ3v) is 4.04. The van der Waals surface area contributed by atoms with Gasteiger partial charge in [0.05, 0.1) is 11.6 Å². The molecule has 1 aromatic carbocycles. The summed E-state index contributed by atoms with van der Waals surface area (Å²) in [4.78, 5) is 16.5. The van der Waals surface area contributed by atoms with Crippen molar-refractivity contribution in [3.05, 3.63) is 45.9 Å². The summed E-state index contributed by atoms with van der Waals surface area (Å²) in [6.07, 6.45) is 0.698. The largest absolute Gasteiger partial charge is 0.493 e. The van der Waals surface area contributed by atoms with Crippen molar-refractivity contribution in [3.63, 3.8) is 0 Å². The fourth-order valence-electron chi connectivity index (χ4n) is 1.97. The van der Waals surface area contributed by atoms with Crippen LogP contribution in [0.3, 0.4) is 0 Å². The Morgan fingerprint density at radius 2 is 2.17 bits per heavy atom. The van der Waals surface area contributed by atoms with Crippen LogP contribution >= 0.6 is 11.3 Å². The Labute approximate surface area is 140 Å². The van der Waals surface area contributed by atoms with Crippen molar-refractivity contribution in [1.82, 2.24) is 10.3 Å². The number of thiazole rings is 1. The van der Waals surface area contributed by atoms with Crippen LogP contribution in [-0.2, 0) is 13.0 Å². The van der Waals surface area contributed by atoms with E-state index in [4.69, 9.17) is 10.5 Å². The molecule has 0 aliphatic carbocycles. The highest BCUT2D eigenvalue weighted by molar-refractivity contribution is 7.09. The molecule has 0 fully saturated rings. The summed E-state index contributed by atoms with van der Waals surface area (Å²) in [5.74, 6) is 1.08. The first-order chi connectivity index (χ1) is 11.1. The molecule has 6 heteroatoms. The number of hydrogen-bond acceptors (Lipinski definition) is 5. The lowest BCUT2D eigenvalue weighted by molar-refractivity contribution is 0.0946. The third kappa shape index (κ3) is 5.33.